The molecule has 0 aliphatic carbocycles. The number of aliphatic carboxylic acids is 1. The van der Waals surface area contributed by atoms with Crippen LogP contribution in [-0.2, 0) is 4.79 Å². The highest BCUT2D eigenvalue weighted by Crippen LogP contribution is 2.45. The Morgan fingerprint density at radius 1 is 0.742 bits per heavy atom. The van der Waals surface area contributed by atoms with Gasteiger partial charge in [-0.1, -0.05) is 81.4 Å². The lowest BCUT2D eigenvalue weighted by Gasteiger charge is -2.23. The summed E-state index contributed by atoms with van der Waals surface area (Å²) in [5.41, 5.74) is 1.75. The third kappa shape index (κ3) is 4.48. The molecule has 0 aliphatic rings. The third-order valence-electron chi connectivity index (χ3n) is 5.04. The van der Waals surface area contributed by atoms with E-state index in [1.54, 1.807) is 0 Å². The van der Waals surface area contributed by atoms with E-state index >= 15 is 0 Å². The van der Waals surface area contributed by atoms with E-state index in [2.05, 4.69) is 39.0 Å². The van der Waals surface area contributed by atoms with Gasteiger partial charge in [-0.05, 0) is 39.1 Å². The van der Waals surface area contributed by atoms with Crippen LogP contribution >= 0.6 is 0 Å². The van der Waals surface area contributed by atoms with Crippen LogP contribution in [0.15, 0.2) is 72.8 Å². The van der Waals surface area contributed by atoms with Crippen LogP contribution in [-0.4, -0.2) is 24.3 Å². The number of ether oxygens (including phenoxy) is 2. The van der Waals surface area contributed by atoms with E-state index in [0.29, 0.717) is 12.4 Å². The maximum atomic E-state index is 11.2. The van der Waals surface area contributed by atoms with Crippen molar-refractivity contribution in [2.24, 2.45) is 5.41 Å². The Hall–Kier alpha value is -3.53. The Balaban J connectivity index is 2.02. The van der Waals surface area contributed by atoms with Crippen LogP contribution in [0.25, 0.3) is 32.7 Å². The van der Waals surface area contributed by atoms with E-state index in [9.17, 15) is 9.90 Å². The van der Waals surface area contributed by atoms with E-state index in [1.165, 1.54) is 0 Å². The second-order valence-corrected chi connectivity index (χ2v) is 8.85. The van der Waals surface area contributed by atoms with Crippen LogP contribution in [0.2, 0.25) is 0 Å². The molecule has 1 N–H and O–H groups in total. The molecule has 0 heterocycles. The predicted octanol–water partition coefficient (Wildman–Crippen LogP) is 6.55. The summed E-state index contributed by atoms with van der Waals surface area (Å²) in [5, 5.41) is 13.4. The molecule has 4 rings (SSSR count). The van der Waals surface area contributed by atoms with Crippen LogP contribution in [0.1, 0.15) is 20.8 Å². The first-order valence-electron chi connectivity index (χ1n) is 10.3. The van der Waals surface area contributed by atoms with Crippen molar-refractivity contribution in [3.05, 3.63) is 72.8 Å². The first-order chi connectivity index (χ1) is 14.8. The van der Waals surface area contributed by atoms with Gasteiger partial charge in [-0.25, -0.2) is 4.79 Å². The first kappa shape index (κ1) is 20.7. The summed E-state index contributed by atoms with van der Waals surface area (Å²) in [6.45, 7) is 6.54. The van der Waals surface area contributed by atoms with Gasteiger partial charge in [-0.15, -0.1) is 0 Å². The normalized spacial score (nSPS) is 11.6. The SMILES string of the molecule is CC(C)(C)COc1ccc2ccccc2c1-c1c(OCC(=O)O)ccc2ccccc12. The molecule has 0 fully saturated rings. The van der Waals surface area contributed by atoms with Crippen molar-refractivity contribution in [2.45, 2.75) is 20.8 Å². The van der Waals surface area contributed by atoms with Crippen molar-refractivity contribution in [1.29, 1.82) is 0 Å². The van der Waals surface area contributed by atoms with Crippen molar-refractivity contribution in [3.8, 4) is 22.6 Å². The minimum atomic E-state index is -1.01. The molecule has 0 unspecified atom stereocenters. The van der Waals surface area contributed by atoms with Crippen LogP contribution in [0.5, 0.6) is 11.5 Å². The molecule has 0 saturated heterocycles. The lowest BCUT2D eigenvalue weighted by Crippen LogP contribution is -2.17. The molecule has 4 nitrogen and oxygen atoms in total. The number of hydrogen-bond donors (Lipinski definition) is 1. The van der Waals surface area contributed by atoms with Gasteiger partial charge >= 0.3 is 5.97 Å². The first-order valence-corrected chi connectivity index (χ1v) is 10.3. The molecule has 4 heteroatoms. The summed E-state index contributed by atoms with van der Waals surface area (Å²) in [7, 11) is 0. The summed E-state index contributed by atoms with van der Waals surface area (Å²) in [5.74, 6) is 0.268. The van der Waals surface area contributed by atoms with Crippen molar-refractivity contribution in [3.63, 3.8) is 0 Å². The fraction of sp³-hybridized carbons (Fsp3) is 0.222. The Morgan fingerprint density at radius 2 is 1.23 bits per heavy atom. The molecule has 4 aromatic rings. The molecule has 0 aromatic heterocycles. The number of carboxylic acids is 1. The van der Waals surface area contributed by atoms with Gasteiger partial charge in [0, 0.05) is 11.1 Å². The molecule has 0 amide bonds. The van der Waals surface area contributed by atoms with Gasteiger partial charge in [0.1, 0.15) is 11.5 Å². The summed E-state index contributed by atoms with van der Waals surface area (Å²) in [4.78, 5) is 11.2. The maximum absolute atomic E-state index is 11.2. The molecule has 4 aromatic carbocycles. The van der Waals surface area contributed by atoms with Crippen molar-refractivity contribution >= 4 is 27.5 Å². The number of carbonyl (C=O) groups is 1. The highest BCUT2D eigenvalue weighted by molar-refractivity contribution is 6.09. The quantitative estimate of drug-likeness (QED) is 0.389. The van der Waals surface area contributed by atoms with Gasteiger partial charge < -0.3 is 14.6 Å². The number of rotatable bonds is 6. The molecule has 0 spiro atoms. The van der Waals surface area contributed by atoms with Crippen LogP contribution in [0, 0.1) is 5.41 Å². The Kier molecular flexibility index (Phi) is 5.55. The van der Waals surface area contributed by atoms with Gasteiger partial charge in [0.15, 0.2) is 6.61 Å². The van der Waals surface area contributed by atoms with E-state index < -0.39 is 12.6 Å². The van der Waals surface area contributed by atoms with Crippen molar-refractivity contribution in [1.82, 2.24) is 0 Å². The summed E-state index contributed by atoms with van der Waals surface area (Å²) < 4.78 is 12.1. The average molecular weight is 415 g/mol. The van der Waals surface area contributed by atoms with Crippen molar-refractivity contribution in [2.75, 3.05) is 13.2 Å². The number of carboxylic acid groups (broad SMARTS) is 1. The van der Waals surface area contributed by atoms with Crippen molar-refractivity contribution < 1.29 is 19.4 Å². The zero-order chi connectivity index (χ0) is 22.0. The average Bonchev–Trinajstić information content (AvgIpc) is 2.75. The second-order valence-electron chi connectivity index (χ2n) is 8.85. The molecule has 0 atom stereocenters. The molecule has 0 saturated carbocycles. The fourth-order valence-electron chi connectivity index (χ4n) is 3.69. The molecule has 158 valence electrons. The Morgan fingerprint density at radius 3 is 1.71 bits per heavy atom. The number of benzene rings is 4. The Bertz CT molecular complexity index is 1250. The van der Waals surface area contributed by atoms with Gasteiger partial charge in [0.2, 0.25) is 0 Å². The lowest BCUT2D eigenvalue weighted by molar-refractivity contribution is -0.139. The van der Waals surface area contributed by atoms with Crippen LogP contribution in [0.4, 0.5) is 0 Å². The fourth-order valence-corrected chi connectivity index (χ4v) is 3.69. The summed E-state index contributed by atoms with van der Waals surface area (Å²) in [6, 6.07) is 24.0. The highest BCUT2D eigenvalue weighted by atomic mass is 16.5. The molecular formula is C27H26O4. The largest absolute Gasteiger partial charge is 0.492 e. The van der Waals surface area contributed by atoms with Crippen LogP contribution in [0.3, 0.4) is 0 Å². The number of hydrogen-bond acceptors (Lipinski definition) is 3. The Labute approximate surface area is 182 Å². The minimum absolute atomic E-state index is 0.00961. The third-order valence-corrected chi connectivity index (χ3v) is 5.04. The molecule has 0 bridgehead atoms. The van der Waals surface area contributed by atoms with Gasteiger partial charge in [0.25, 0.3) is 0 Å². The van der Waals surface area contributed by atoms with E-state index in [0.717, 1.165) is 38.4 Å². The molecule has 0 aliphatic heterocycles. The van der Waals surface area contributed by atoms with Crippen LogP contribution < -0.4 is 9.47 Å². The molecular weight excluding hydrogens is 388 g/mol. The van der Waals surface area contributed by atoms with Gasteiger partial charge in [-0.2, -0.15) is 0 Å². The van der Waals surface area contributed by atoms with E-state index in [1.807, 2.05) is 54.6 Å². The number of fused-ring (bicyclic) bond motifs is 2. The zero-order valence-corrected chi connectivity index (χ0v) is 18.0. The summed E-state index contributed by atoms with van der Waals surface area (Å²) in [6.07, 6.45) is 0. The maximum Gasteiger partial charge on any atom is 0.341 e. The molecule has 31 heavy (non-hydrogen) atoms. The summed E-state index contributed by atoms with van der Waals surface area (Å²) >= 11 is 0. The van der Waals surface area contributed by atoms with Gasteiger partial charge in [0.05, 0.1) is 6.61 Å². The monoisotopic (exact) mass is 414 g/mol. The highest BCUT2D eigenvalue weighted by Gasteiger charge is 2.21. The van der Waals surface area contributed by atoms with Gasteiger partial charge in [-0.3, -0.25) is 0 Å². The van der Waals surface area contributed by atoms with E-state index in [4.69, 9.17) is 9.47 Å². The second kappa shape index (κ2) is 8.31. The zero-order valence-electron chi connectivity index (χ0n) is 18.0. The topological polar surface area (TPSA) is 55.8 Å². The van der Waals surface area contributed by atoms with E-state index in [-0.39, 0.29) is 5.41 Å². The smallest absolute Gasteiger partial charge is 0.341 e. The standard InChI is InChI=1S/C27H26O4/c1-27(2,3)17-31-23-15-13-19-9-5-7-11-21(19)26(23)25-20-10-6-4-8-18(20)12-14-22(25)30-16-24(28)29/h4-15H,16-17H2,1-3H3,(H,28,29). The minimum Gasteiger partial charge on any atom is -0.492 e. The lowest BCUT2D eigenvalue weighted by atomic mass is 9.92. The predicted molar refractivity (Wildman–Crippen MR) is 125 cm³/mol. The molecule has 0 radical (unpaired) electrons.